The number of hydrogen-bond acceptors (Lipinski definition) is 2. The number of halogens is 3. The van der Waals surface area contributed by atoms with Crippen LogP contribution in [0.2, 0.25) is 0 Å². The number of nitrogens with zero attached hydrogens (tertiary/aromatic N) is 1. The van der Waals surface area contributed by atoms with Crippen molar-refractivity contribution in [3.8, 4) is 0 Å². The van der Waals surface area contributed by atoms with Gasteiger partial charge in [0.2, 0.25) is 0 Å². The van der Waals surface area contributed by atoms with Crippen LogP contribution in [0, 0.1) is 5.92 Å². The maximum absolute atomic E-state index is 13.2. The first-order chi connectivity index (χ1) is 10.3. The second-order valence-corrected chi connectivity index (χ2v) is 6.10. The Morgan fingerprint density at radius 3 is 2.41 bits per heavy atom. The Morgan fingerprint density at radius 1 is 1.36 bits per heavy atom. The van der Waals surface area contributed by atoms with E-state index in [1.54, 1.807) is 24.4 Å². The molecule has 1 rings (SSSR count). The molecule has 2 unspecified atom stereocenters. The number of rotatable bonds is 7. The average Bonchev–Trinajstić information content (AvgIpc) is 2.49. The van der Waals surface area contributed by atoms with Crippen LogP contribution in [0.5, 0.6) is 0 Å². The predicted octanol–water partition coefficient (Wildman–Crippen LogP) is 5.58. The minimum absolute atomic E-state index is 0.0582. The van der Waals surface area contributed by atoms with Gasteiger partial charge in [0, 0.05) is 24.6 Å². The van der Waals surface area contributed by atoms with Crippen LogP contribution in [-0.4, -0.2) is 9.73 Å². The summed E-state index contributed by atoms with van der Waals surface area (Å²) in [6, 6.07) is 5.82. The number of allylic oxidation sites excluding steroid dienone is 1. The predicted molar refractivity (Wildman–Crippen MR) is 90.5 cm³/mol. The minimum Gasteiger partial charge on any atom is -0.388 e. The zero-order chi connectivity index (χ0) is 16.8. The molecule has 0 fully saturated rings. The highest BCUT2D eigenvalue weighted by Gasteiger charge is 2.27. The van der Waals surface area contributed by atoms with Gasteiger partial charge in [-0.15, -0.1) is 0 Å². The number of aliphatic hydroxyl groups excluding tert-OH is 1. The summed E-state index contributed by atoms with van der Waals surface area (Å²) in [5, 5.41) is 10.6. The summed E-state index contributed by atoms with van der Waals surface area (Å²) in [6.07, 6.45) is 4.29. The molecule has 0 aliphatic rings. The van der Waals surface area contributed by atoms with Crippen LogP contribution in [0.25, 0.3) is 0 Å². The van der Waals surface area contributed by atoms with E-state index in [0.717, 1.165) is 19.8 Å². The number of benzene rings is 1. The lowest BCUT2D eigenvalue weighted by atomic mass is 9.92. The van der Waals surface area contributed by atoms with E-state index >= 15 is 0 Å². The number of aliphatic imine (C=N–C) groups is 1. The Hall–Kier alpha value is -1.07. The second-order valence-electron chi connectivity index (χ2n) is 5.28. The van der Waals surface area contributed by atoms with Gasteiger partial charge in [-0.25, -0.2) is 8.78 Å². The molecule has 0 saturated carbocycles. The molecular formula is C17H22BrF2NO. The molecule has 122 valence electrons. The molecule has 1 N–H and O–H groups in total. The molecule has 5 heteroatoms. The molecule has 0 heterocycles. The fourth-order valence-electron chi connectivity index (χ4n) is 2.16. The Morgan fingerprint density at radius 2 is 1.95 bits per heavy atom. The monoisotopic (exact) mass is 373 g/mol. The van der Waals surface area contributed by atoms with E-state index in [1.165, 1.54) is 12.1 Å². The first-order valence-electron chi connectivity index (χ1n) is 7.32. The van der Waals surface area contributed by atoms with Crippen molar-refractivity contribution in [2.45, 2.75) is 45.6 Å². The number of aliphatic hydroxyl groups is 1. The van der Waals surface area contributed by atoms with Crippen LogP contribution in [-0.2, 0) is 5.92 Å². The summed E-state index contributed by atoms with van der Waals surface area (Å²) >= 11 is 3.41. The maximum Gasteiger partial charge on any atom is 0.270 e. The molecule has 0 saturated heterocycles. The highest BCUT2D eigenvalue weighted by Crippen LogP contribution is 2.32. The van der Waals surface area contributed by atoms with Crippen molar-refractivity contribution in [2.75, 3.05) is 0 Å². The zero-order valence-corrected chi connectivity index (χ0v) is 14.6. The van der Waals surface area contributed by atoms with Gasteiger partial charge in [-0.05, 0) is 34.8 Å². The molecule has 0 aromatic heterocycles. The summed E-state index contributed by atoms with van der Waals surface area (Å²) in [5.74, 6) is -3.07. The standard InChI is InChI=1S/C17H22BrF2NO/c1-4-6-14(16(18)21-11-5-2)15(22)12-7-9-13(10-8-12)17(3,19)20/h5,7-11,14-15,22H,4,6H2,1-3H3/b11-5-,21-16?. The van der Waals surface area contributed by atoms with Gasteiger partial charge in [-0.3, -0.25) is 4.99 Å². The topological polar surface area (TPSA) is 32.6 Å². The molecule has 0 aliphatic heterocycles. The normalized spacial score (nSPS) is 16.0. The third kappa shape index (κ3) is 5.29. The van der Waals surface area contributed by atoms with E-state index in [9.17, 15) is 13.9 Å². The quantitative estimate of drug-likeness (QED) is 0.622. The van der Waals surface area contributed by atoms with E-state index < -0.39 is 12.0 Å². The van der Waals surface area contributed by atoms with E-state index in [2.05, 4.69) is 20.9 Å². The maximum atomic E-state index is 13.2. The Balaban J connectivity index is 3.01. The van der Waals surface area contributed by atoms with E-state index in [-0.39, 0.29) is 11.5 Å². The molecule has 2 nitrogen and oxygen atoms in total. The van der Waals surface area contributed by atoms with Crippen LogP contribution in [0.1, 0.15) is 50.8 Å². The Labute approximate surface area is 139 Å². The lowest BCUT2D eigenvalue weighted by Gasteiger charge is -2.22. The fourth-order valence-corrected chi connectivity index (χ4v) is 2.76. The molecule has 0 radical (unpaired) electrons. The van der Waals surface area contributed by atoms with Crippen molar-refractivity contribution in [2.24, 2.45) is 10.9 Å². The zero-order valence-electron chi connectivity index (χ0n) is 13.1. The summed E-state index contributed by atoms with van der Waals surface area (Å²) in [7, 11) is 0. The fraction of sp³-hybridized carbons (Fsp3) is 0.471. The summed E-state index contributed by atoms with van der Waals surface area (Å²) < 4.78 is 27.1. The number of alkyl halides is 2. The highest BCUT2D eigenvalue weighted by molar-refractivity contribution is 9.18. The van der Waals surface area contributed by atoms with Crippen LogP contribution in [0.15, 0.2) is 41.5 Å². The molecule has 2 atom stereocenters. The smallest absolute Gasteiger partial charge is 0.270 e. The second kappa shape index (κ2) is 8.53. The van der Waals surface area contributed by atoms with Crippen molar-refractivity contribution >= 4 is 20.6 Å². The van der Waals surface area contributed by atoms with Gasteiger partial charge in [0.15, 0.2) is 0 Å². The molecular weight excluding hydrogens is 352 g/mol. The van der Waals surface area contributed by atoms with Crippen molar-refractivity contribution in [3.05, 3.63) is 47.7 Å². The Bertz CT molecular complexity index is 520. The molecule has 0 aliphatic carbocycles. The third-order valence-electron chi connectivity index (χ3n) is 3.39. The van der Waals surface area contributed by atoms with Gasteiger partial charge in [-0.2, -0.15) is 0 Å². The molecule has 22 heavy (non-hydrogen) atoms. The van der Waals surface area contributed by atoms with Gasteiger partial charge < -0.3 is 5.11 Å². The van der Waals surface area contributed by atoms with Crippen molar-refractivity contribution in [1.29, 1.82) is 0 Å². The number of hydrogen-bond donors (Lipinski definition) is 1. The summed E-state index contributed by atoms with van der Waals surface area (Å²) in [5.41, 5.74) is 0.552. The highest BCUT2D eigenvalue weighted by atomic mass is 79.9. The lowest BCUT2D eigenvalue weighted by Crippen LogP contribution is -2.19. The van der Waals surface area contributed by atoms with Crippen LogP contribution in [0.3, 0.4) is 0 Å². The van der Waals surface area contributed by atoms with Gasteiger partial charge in [0.25, 0.3) is 5.92 Å². The lowest BCUT2D eigenvalue weighted by molar-refractivity contribution is 0.0173. The summed E-state index contributed by atoms with van der Waals surface area (Å²) in [6.45, 7) is 4.74. The van der Waals surface area contributed by atoms with Crippen molar-refractivity contribution in [3.63, 3.8) is 0 Å². The van der Waals surface area contributed by atoms with Crippen LogP contribution in [0.4, 0.5) is 8.78 Å². The summed E-state index contributed by atoms with van der Waals surface area (Å²) in [4.78, 5) is 4.24. The largest absolute Gasteiger partial charge is 0.388 e. The first-order valence-corrected chi connectivity index (χ1v) is 8.11. The third-order valence-corrected chi connectivity index (χ3v) is 4.19. The first kappa shape index (κ1) is 19.0. The van der Waals surface area contributed by atoms with E-state index in [4.69, 9.17) is 0 Å². The molecule has 0 amide bonds. The molecule has 1 aromatic rings. The van der Waals surface area contributed by atoms with Gasteiger partial charge in [0.05, 0.1) is 10.7 Å². The van der Waals surface area contributed by atoms with Crippen LogP contribution < -0.4 is 0 Å². The van der Waals surface area contributed by atoms with Crippen molar-refractivity contribution in [1.82, 2.24) is 0 Å². The molecule has 0 bridgehead atoms. The van der Waals surface area contributed by atoms with E-state index in [1.807, 2.05) is 13.8 Å². The van der Waals surface area contributed by atoms with E-state index in [0.29, 0.717) is 10.2 Å². The molecule has 1 aromatic carbocycles. The van der Waals surface area contributed by atoms with Gasteiger partial charge >= 0.3 is 0 Å². The van der Waals surface area contributed by atoms with Crippen LogP contribution >= 0.6 is 15.9 Å². The minimum atomic E-state index is -2.87. The SMILES string of the molecule is C/C=C\N=C(Br)C(CCC)C(O)c1ccc(C(C)(F)F)cc1. The van der Waals surface area contributed by atoms with Gasteiger partial charge in [0.1, 0.15) is 0 Å². The molecule has 0 spiro atoms. The Kier molecular flexibility index (Phi) is 7.36. The van der Waals surface area contributed by atoms with Crippen molar-refractivity contribution < 1.29 is 13.9 Å². The van der Waals surface area contributed by atoms with Gasteiger partial charge in [-0.1, -0.05) is 43.7 Å². The average molecular weight is 374 g/mol.